The van der Waals surface area contributed by atoms with Crippen molar-refractivity contribution in [2.45, 2.75) is 32.7 Å². The van der Waals surface area contributed by atoms with Crippen LogP contribution in [0.5, 0.6) is 0 Å². The fraction of sp³-hybridized carbons (Fsp3) is 0.294. The first-order valence-corrected chi connectivity index (χ1v) is 8.03. The minimum Gasteiger partial charge on any atom is -0.478 e. The summed E-state index contributed by atoms with van der Waals surface area (Å²) in [5, 5.41) is 13.9. The number of aryl methyl sites for hydroxylation is 1. The second-order valence-corrected chi connectivity index (χ2v) is 6.26. The van der Waals surface area contributed by atoms with Crippen molar-refractivity contribution in [1.29, 1.82) is 0 Å². The number of aromatic nitrogens is 2. The van der Waals surface area contributed by atoms with E-state index in [1.165, 1.54) is 4.90 Å². The molecule has 0 bridgehead atoms. The van der Waals surface area contributed by atoms with Gasteiger partial charge in [0, 0.05) is 23.1 Å². The molecule has 0 saturated carbocycles. The Morgan fingerprint density at radius 1 is 1.36 bits per heavy atom. The fourth-order valence-electron chi connectivity index (χ4n) is 3.00. The lowest BCUT2D eigenvalue weighted by atomic mass is 9.84. The summed E-state index contributed by atoms with van der Waals surface area (Å²) in [5.74, 6) is -1.06. The molecule has 130 valence electrons. The number of nitrogens with zero attached hydrogens (tertiary/aromatic N) is 3. The first-order valence-electron chi connectivity index (χ1n) is 7.66. The van der Waals surface area contributed by atoms with Crippen LogP contribution < -0.4 is 0 Å². The summed E-state index contributed by atoms with van der Waals surface area (Å²) in [4.78, 5) is 29.9. The van der Waals surface area contributed by atoms with E-state index in [9.17, 15) is 14.7 Å². The van der Waals surface area contributed by atoms with E-state index in [0.717, 1.165) is 5.56 Å². The van der Waals surface area contributed by atoms with Crippen LogP contribution in [0.15, 0.2) is 40.1 Å². The van der Waals surface area contributed by atoms with Crippen molar-refractivity contribution in [3.8, 4) is 0 Å². The SMILES string of the molecule is CC1=C(C(=O)O)C(c2ccc(Cl)cc2)CC(=O)N1Cc1nc(C)no1. The highest BCUT2D eigenvalue weighted by atomic mass is 35.5. The molecule has 1 unspecified atom stereocenters. The number of amides is 1. The highest BCUT2D eigenvalue weighted by Crippen LogP contribution is 2.37. The number of hydrogen-bond acceptors (Lipinski definition) is 5. The molecular weight excluding hydrogens is 346 g/mol. The number of halogens is 1. The largest absolute Gasteiger partial charge is 0.478 e. The van der Waals surface area contributed by atoms with E-state index in [4.69, 9.17) is 16.1 Å². The van der Waals surface area contributed by atoms with E-state index >= 15 is 0 Å². The van der Waals surface area contributed by atoms with Gasteiger partial charge in [0.15, 0.2) is 5.82 Å². The second-order valence-electron chi connectivity index (χ2n) is 5.83. The predicted octanol–water partition coefficient (Wildman–Crippen LogP) is 2.91. The maximum Gasteiger partial charge on any atom is 0.333 e. The Morgan fingerprint density at radius 2 is 2.04 bits per heavy atom. The molecule has 1 aromatic carbocycles. The van der Waals surface area contributed by atoms with E-state index in [0.29, 0.717) is 16.5 Å². The third kappa shape index (κ3) is 3.41. The summed E-state index contributed by atoms with van der Waals surface area (Å²) in [6.45, 7) is 3.34. The molecule has 3 rings (SSSR count). The quantitative estimate of drug-likeness (QED) is 0.899. The minimum absolute atomic E-state index is 0.0493. The van der Waals surface area contributed by atoms with Gasteiger partial charge in [0.25, 0.3) is 0 Å². The lowest BCUT2D eigenvalue weighted by molar-refractivity contribution is -0.135. The fourth-order valence-corrected chi connectivity index (χ4v) is 3.13. The van der Waals surface area contributed by atoms with Gasteiger partial charge in [0.2, 0.25) is 11.8 Å². The molecule has 0 radical (unpaired) electrons. The van der Waals surface area contributed by atoms with Crippen molar-refractivity contribution in [2.24, 2.45) is 0 Å². The Balaban J connectivity index is 1.99. The molecule has 0 aliphatic carbocycles. The van der Waals surface area contributed by atoms with Crippen LogP contribution in [0.1, 0.15) is 36.5 Å². The van der Waals surface area contributed by atoms with Crippen LogP contribution in [0.25, 0.3) is 0 Å². The Labute approximate surface area is 148 Å². The van der Waals surface area contributed by atoms with E-state index < -0.39 is 11.9 Å². The molecule has 0 fully saturated rings. The number of carboxylic acid groups (broad SMARTS) is 1. The van der Waals surface area contributed by atoms with Crippen LogP contribution in [0, 0.1) is 6.92 Å². The van der Waals surface area contributed by atoms with Gasteiger partial charge in [-0.15, -0.1) is 0 Å². The molecule has 1 aliphatic heterocycles. The summed E-state index contributed by atoms with van der Waals surface area (Å²) >= 11 is 5.90. The van der Waals surface area contributed by atoms with E-state index in [1.807, 2.05) is 0 Å². The topological polar surface area (TPSA) is 96.5 Å². The van der Waals surface area contributed by atoms with Gasteiger partial charge in [-0.2, -0.15) is 4.98 Å². The van der Waals surface area contributed by atoms with E-state index in [1.54, 1.807) is 38.1 Å². The molecule has 7 nitrogen and oxygen atoms in total. The van der Waals surface area contributed by atoms with Crippen LogP contribution >= 0.6 is 11.6 Å². The Bertz CT molecular complexity index is 857. The molecule has 8 heteroatoms. The van der Waals surface area contributed by atoms with Crippen LogP contribution in [-0.2, 0) is 16.1 Å². The highest BCUT2D eigenvalue weighted by Gasteiger charge is 2.36. The zero-order chi connectivity index (χ0) is 18.1. The summed E-state index contributed by atoms with van der Waals surface area (Å²) in [7, 11) is 0. The minimum atomic E-state index is -1.06. The van der Waals surface area contributed by atoms with Crippen molar-refractivity contribution < 1.29 is 19.2 Å². The summed E-state index contributed by atoms with van der Waals surface area (Å²) in [5.41, 5.74) is 1.29. The molecule has 0 spiro atoms. The first kappa shape index (κ1) is 17.2. The lowest BCUT2D eigenvalue weighted by Crippen LogP contribution is -2.37. The van der Waals surface area contributed by atoms with Crippen LogP contribution in [-0.4, -0.2) is 32.0 Å². The molecule has 1 amide bonds. The number of rotatable bonds is 4. The van der Waals surface area contributed by atoms with Gasteiger partial charge in [0.05, 0.1) is 5.57 Å². The normalized spacial score (nSPS) is 18.0. The molecular formula is C17H16ClN3O4. The number of benzene rings is 1. The second kappa shape index (κ2) is 6.68. The molecule has 0 saturated heterocycles. The average molecular weight is 362 g/mol. The van der Waals surface area contributed by atoms with Crippen LogP contribution in [0.4, 0.5) is 0 Å². The molecule has 1 atom stereocenters. The Morgan fingerprint density at radius 3 is 2.60 bits per heavy atom. The first-order chi connectivity index (χ1) is 11.9. The average Bonchev–Trinajstić information content (AvgIpc) is 2.96. The predicted molar refractivity (Wildman–Crippen MR) is 88.7 cm³/mol. The van der Waals surface area contributed by atoms with Gasteiger partial charge in [0.1, 0.15) is 6.54 Å². The molecule has 1 aromatic heterocycles. The van der Waals surface area contributed by atoms with Gasteiger partial charge in [-0.3, -0.25) is 4.79 Å². The Kier molecular flexibility index (Phi) is 4.59. The van der Waals surface area contributed by atoms with Crippen molar-refractivity contribution in [3.05, 3.63) is 57.8 Å². The van der Waals surface area contributed by atoms with E-state index in [-0.39, 0.29) is 30.3 Å². The van der Waals surface area contributed by atoms with Gasteiger partial charge < -0.3 is 14.5 Å². The van der Waals surface area contributed by atoms with Gasteiger partial charge in [-0.1, -0.05) is 28.9 Å². The number of carbonyl (C=O) groups is 2. The zero-order valence-electron chi connectivity index (χ0n) is 13.7. The zero-order valence-corrected chi connectivity index (χ0v) is 14.4. The maximum atomic E-state index is 12.6. The number of hydrogen-bond donors (Lipinski definition) is 1. The molecule has 2 heterocycles. The number of aliphatic carboxylic acids is 1. The summed E-state index contributed by atoms with van der Waals surface area (Å²) in [6.07, 6.45) is 0.0493. The van der Waals surface area contributed by atoms with Gasteiger partial charge in [-0.25, -0.2) is 4.79 Å². The smallest absolute Gasteiger partial charge is 0.333 e. The molecule has 25 heavy (non-hydrogen) atoms. The van der Waals surface area contributed by atoms with Crippen molar-refractivity contribution in [1.82, 2.24) is 15.0 Å². The molecule has 1 N–H and O–H groups in total. The monoisotopic (exact) mass is 361 g/mol. The number of carbonyl (C=O) groups excluding carboxylic acids is 1. The molecule has 1 aliphatic rings. The third-order valence-electron chi connectivity index (χ3n) is 4.19. The lowest BCUT2D eigenvalue weighted by Gasteiger charge is -2.33. The third-order valence-corrected chi connectivity index (χ3v) is 4.44. The Hall–Kier alpha value is -2.67. The summed E-state index contributed by atoms with van der Waals surface area (Å²) < 4.78 is 5.04. The van der Waals surface area contributed by atoms with Crippen molar-refractivity contribution in [2.75, 3.05) is 0 Å². The van der Waals surface area contributed by atoms with Gasteiger partial charge >= 0.3 is 5.97 Å². The maximum absolute atomic E-state index is 12.6. The highest BCUT2D eigenvalue weighted by molar-refractivity contribution is 6.30. The standard InChI is InChI=1S/C17H16ClN3O4/c1-9-16(17(23)24)13(11-3-5-12(18)6-4-11)7-15(22)21(9)8-14-19-10(2)20-25-14/h3-6,13H,7-8H2,1-2H3,(H,23,24). The number of carboxylic acids is 1. The van der Waals surface area contributed by atoms with Crippen molar-refractivity contribution in [3.63, 3.8) is 0 Å². The van der Waals surface area contributed by atoms with Crippen LogP contribution in [0.2, 0.25) is 5.02 Å². The van der Waals surface area contributed by atoms with Gasteiger partial charge in [-0.05, 0) is 31.5 Å². The molecule has 2 aromatic rings. The number of allylic oxidation sites excluding steroid dienone is 1. The summed E-state index contributed by atoms with van der Waals surface area (Å²) in [6, 6.07) is 6.86. The van der Waals surface area contributed by atoms with Crippen molar-refractivity contribution >= 4 is 23.5 Å². The van der Waals surface area contributed by atoms with Crippen LogP contribution in [0.3, 0.4) is 0 Å². The van der Waals surface area contributed by atoms with E-state index in [2.05, 4.69) is 10.1 Å².